The normalized spacial score (nSPS) is 26.5. The summed E-state index contributed by atoms with van der Waals surface area (Å²) < 4.78 is 1.14. The van der Waals surface area contributed by atoms with Crippen molar-refractivity contribution in [2.24, 2.45) is 11.3 Å². The summed E-state index contributed by atoms with van der Waals surface area (Å²) in [6.07, 6.45) is 4.46. The zero-order chi connectivity index (χ0) is 14.4. The first kappa shape index (κ1) is 13.8. The quantitative estimate of drug-likeness (QED) is 0.846. The molecule has 1 atom stereocenters. The van der Waals surface area contributed by atoms with Crippen LogP contribution in [0.5, 0.6) is 0 Å². The number of benzene rings is 1. The van der Waals surface area contributed by atoms with Gasteiger partial charge < -0.3 is 10.2 Å². The molecule has 1 aliphatic carbocycles. The van der Waals surface area contributed by atoms with Crippen LogP contribution < -0.4 is 5.32 Å². The van der Waals surface area contributed by atoms with Crippen molar-refractivity contribution in [3.63, 3.8) is 0 Å². The molecule has 1 aromatic rings. The van der Waals surface area contributed by atoms with E-state index >= 15 is 0 Å². The Bertz CT molecular complexity index is 580. The molecule has 1 N–H and O–H groups in total. The Morgan fingerprint density at radius 3 is 2.95 bits per heavy atom. The predicted molar refractivity (Wildman–Crippen MR) is 85.9 cm³/mol. The second kappa shape index (κ2) is 5.10. The molecule has 4 heteroatoms. The third-order valence-corrected chi connectivity index (χ3v) is 6.36. The Labute approximate surface area is 134 Å². The number of halogens is 1. The van der Waals surface area contributed by atoms with Crippen LogP contribution in [0, 0.1) is 11.3 Å². The van der Waals surface area contributed by atoms with E-state index < -0.39 is 0 Å². The predicted octanol–water partition coefficient (Wildman–Crippen LogP) is 2.72. The first-order valence-electron chi connectivity index (χ1n) is 7.95. The van der Waals surface area contributed by atoms with E-state index in [4.69, 9.17) is 0 Å². The molecule has 3 aliphatic rings. The number of piperidine rings is 1. The second-order valence-electron chi connectivity index (χ2n) is 6.76. The minimum Gasteiger partial charge on any atom is -0.338 e. The topological polar surface area (TPSA) is 32.3 Å². The highest BCUT2D eigenvalue weighted by Gasteiger charge is 2.58. The lowest BCUT2D eigenvalue weighted by molar-refractivity contribution is -0.134. The van der Waals surface area contributed by atoms with Gasteiger partial charge in [0, 0.05) is 23.5 Å². The van der Waals surface area contributed by atoms with Crippen molar-refractivity contribution in [1.29, 1.82) is 0 Å². The molecule has 1 spiro atoms. The van der Waals surface area contributed by atoms with E-state index in [9.17, 15) is 4.79 Å². The van der Waals surface area contributed by atoms with E-state index in [2.05, 4.69) is 44.3 Å². The van der Waals surface area contributed by atoms with Gasteiger partial charge in [-0.3, -0.25) is 4.79 Å². The minimum absolute atomic E-state index is 0.295. The molecule has 2 heterocycles. The van der Waals surface area contributed by atoms with Crippen LogP contribution in [0.2, 0.25) is 0 Å². The smallest absolute Gasteiger partial charge is 0.226 e. The van der Waals surface area contributed by atoms with Gasteiger partial charge in [-0.15, -0.1) is 0 Å². The lowest BCUT2D eigenvalue weighted by Crippen LogP contribution is -2.39. The van der Waals surface area contributed by atoms with Crippen LogP contribution in [0.3, 0.4) is 0 Å². The van der Waals surface area contributed by atoms with Crippen molar-refractivity contribution in [3.8, 4) is 0 Å². The molecule has 21 heavy (non-hydrogen) atoms. The van der Waals surface area contributed by atoms with E-state index in [0.29, 0.717) is 17.2 Å². The number of carbonyl (C=O) groups excluding carboxylic acids is 1. The zero-order valence-corrected chi connectivity index (χ0v) is 13.8. The zero-order valence-electron chi connectivity index (χ0n) is 12.2. The van der Waals surface area contributed by atoms with Crippen LogP contribution in [0.25, 0.3) is 0 Å². The first-order chi connectivity index (χ1) is 10.2. The molecule has 3 nitrogen and oxygen atoms in total. The molecule has 1 amide bonds. The van der Waals surface area contributed by atoms with Gasteiger partial charge in [-0.25, -0.2) is 0 Å². The lowest BCUT2D eigenvalue weighted by atomic mass is 9.91. The van der Waals surface area contributed by atoms with Gasteiger partial charge in [0.15, 0.2) is 0 Å². The highest BCUT2D eigenvalue weighted by Crippen LogP contribution is 2.59. The first-order valence-corrected chi connectivity index (χ1v) is 8.75. The third kappa shape index (κ3) is 2.33. The van der Waals surface area contributed by atoms with E-state index in [1.165, 1.54) is 24.0 Å². The molecule has 2 aliphatic heterocycles. The van der Waals surface area contributed by atoms with Crippen LogP contribution in [0.15, 0.2) is 22.7 Å². The minimum atomic E-state index is 0.295. The summed E-state index contributed by atoms with van der Waals surface area (Å²) in [6.45, 7) is 3.82. The fourth-order valence-corrected chi connectivity index (χ4v) is 4.66. The number of carbonyl (C=O) groups is 1. The SMILES string of the molecule is O=C(C1CC12CCNCC2)N1CCc2cccc(Br)c2C1. The largest absolute Gasteiger partial charge is 0.338 e. The third-order valence-electron chi connectivity index (χ3n) is 5.61. The molecule has 0 radical (unpaired) electrons. The van der Waals surface area contributed by atoms with Crippen LogP contribution >= 0.6 is 15.9 Å². The van der Waals surface area contributed by atoms with Crippen molar-refractivity contribution in [1.82, 2.24) is 10.2 Å². The molecule has 0 aromatic heterocycles. The maximum Gasteiger partial charge on any atom is 0.226 e. The van der Waals surface area contributed by atoms with Gasteiger partial charge in [0.1, 0.15) is 0 Å². The summed E-state index contributed by atoms with van der Waals surface area (Å²) in [7, 11) is 0. The van der Waals surface area contributed by atoms with E-state index in [1.807, 2.05) is 0 Å². The molecule has 2 fully saturated rings. The summed E-state index contributed by atoms with van der Waals surface area (Å²) in [5.74, 6) is 0.696. The molecule has 1 saturated carbocycles. The fourth-order valence-electron chi connectivity index (χ4n) is 4.12. The summed E-state index contributed by atoms with van der Waals surface area (Å²) in [5, 5.41) is 3.41. The van der Waals surface area contributed by atoms with Crippen LogP contribution in [-0.2, 0) is 17.8 Å². The Hall–Kier alpha value is -0.870. The Morgan fingerprint density at radius 1 is 1.33 bits per heavy atom. The van der Waals surface area contributed by atoms with Crippen molar-refractivity contribution in [2.45, 2.75) is 32.2 Å². The van der Waals surface area contributed by atoms with Gasteiger partial charge in [-0.2, -0.15) is 0 Å². The van der Waals surface area contributed by atoms with Gasteiger partial charge in [-0.05, 0) is 61.4 Å². The summed E-state index contributed by atoms with van der Waals surface area (Å²) in [4.78, 5) is 14.9. The number of nitrogens with one attached hydrogen (secondary N) is 1. The van der Waals surface area contributed by atoms with Crippen LogP contribution in [0.4, 0.5) is 0 Å². The van der Waals surface area contributed by atoms with Gasteiger partial charge in [0.2, 0.25) is 5.91 Å². The molecule has 1 saturated heterocycles. The van der Waals surface area contributed by atoms with Gasteiger partial charge in [0.05, 0.1) is 0 Å². The molecule has 4 rings (SSSR count). The molecular weight excluding hydrogens is 328 g/mol. The van der Waals surface area contributed by atoms with Crippen molar-refractivity contribution < 1.29 is 4.79 Å². The highest BCUT2D eigenvalue weighted by atomic mass is 79.9. The van der Waals surface area contributed by atoms with Gasteiger partial charge >= 0.3 is 0 Å². The standard InChI is InChI=1S/C17H21BrN2O/c18-15-3-1-2-12-4-9-20(11-13(12)15)16(21)14-10-17(14)5-7-19-8-6-17/h1-3,14,19H,4-11H2. The molecule has 112 valence electrons. The molecule has 1 unspecified atom stereocenters. The lowest BCUT2D eigenvalue weighted by Gasteiger charge is -2.31. The maximum atomic E-state index is 12.8. The number of nitrogens with zero attached hydrogens (tertiary/aromatic N) is 1. The van der Waals surface area contributed by atoms with Crippen molar-refractivity contribution >= 4 is 21.8 Å². The van der Waals surface area contributed by atoms with Crippen molar-refractivity contribution in [3.05, 3.63) is 33.8 Å². The summed E-state index contributed by atoms with van der Waals surface area (Å²) in [6, 6.07) is 6.36. The molecule has 1 aromatic carbocycles. The molecule has 0 bridgehead atoms. The number of fused-ring (bicyclic) bond motifs is 1. The molecular formula is C17H21BrN2O. The highest BCUT2D eigenvalue weighted by molar-refractivity contribution is 9.10. The Morgan fingerprint density at radius 2 is 2.14 bits per heavy atom. The van der Waals surface area contributed by atoms with E-state index in [-0.39, 0.29) is 0 Å². The van der Waals surface area contributed by atoms with Gasteiger partial charge in [0.25, 0.3) is 0 Å². The Kier molecular flexibility index (Phi) is 3.34. The average molecular weight is 349 g/mol. The van der Waals surface area contributed by atoms with E-state index in [0.717, 1.165) is 43.5 Å². The monoisotopic (exact) mass is 348 g/mol. The Balaban J connectivity index is 1.49. The fraction of sp³-hybridized carbons (Fsp3) is 0.588. The van der Waals surface area contributed by atoms with Gasteiger partial charge in [-0.1, -0.05) is 28.1 Å². The number of hydrogen-bond donors (Lipinski definition) is 1. The number of hydrogen-bond acceptors (Lipinski definition) is 2. The second-order valence-corrected chi connectivity index (χ2v) is 7.61. The average Bonchev–Trinajstić information content (AvgIpc) is 3.20. The van der Waals surface area contributed by atoms with Crippen molar-refractivity contribution in [2.75, 3.05) is 19.6 Å². The van der Waals surface area contributed by atoms with E-state index in [1.54, 1.807) is 0 Å². The van der Waals surface area contributed by atoms with Crippen LogP contribution in [0.1, 0.15) is 30.4 Å². The summed E-state index contributed by atoms with van der Waals surface area (Å²) in [5.41, 5.74) is 3.04. The maximum absolute atomic E-state index is 12.8. The number of amides is 1. The summed E-state index contributed by atoms with van der Waals surface area (Å²) >= 11 is 3.64. The van der Waals surface area contributed by atoms with Crippen LogP contribution in [-0.4, -0.2) is 30.4 Å². The number of rotatable bonds is 1.